The van der Waals surface area contributed by atoms with Gasteiger partial charge < -0.3 is 28.5 Å². The van der Waals surface area contributed by atoms with Crippen LogP contribution in [0.4, 0.5) is 0 Å². The Bertz CT molecular complexity index is 1180. The van der Waals surface area contributed by atoms with E-state index < -0.39 is 24.3 Å². The first kappa shape index (κ1) is 63.5. The number of nitrogens with zero attached hydrogens (tertiary/aromatic N) is 1. The maximum atomic E-state index is 12.8. The van der Waals surface area contributed by atoms with Gasteiger partial charge >= 0.3 is 17.9 Å². The fraction of sp³-hybridized carbons (Fsp3) is 0.842. The number of ether oxygens (including phenoxy) is 4. The molecule has 0 radical (unpaired) electrons. The van der Waals surface area contributed by atoms with E-state index in [9.17, 15) is 19.5 Å². The van der Waals surface area contributed by atoms with Crippen molar-refractivity contribution in [2.24, 2.45) is 0 Å². The molecule has 386 valence electrons. The van der Waals surface area contributed by atoms with Crippen molar-refractivity contribution in [2.45, 2.75) is 264 Å². The molecule has 0 amide bonds. The Hall–Kier alpha value is -2.49. The third-order valence-corrected chi connectivity index (χ3v) is 12.2. The number of carbonyl (C=O) groups excluding carboxylic acids is 2. The largest absolute Gasteiger partial charge is 0.477 e. The van der Waals surface area contributed by atoms with E-state index in [-0.39, 0.29) is 32.2 Å². The van der Waals surface area contributed by atoms with Crippen LogP contribution in [-0.2, 0) is 33.3 Å². The monoisotopic (exact) mass is 933 g/mol. The molecule has 0 rings (SSSR count). The summed E-state index contributed by atoms with van der Waals surface area (Å²) in [5.74, 6) is -2.02. The zero-order chi connectivity index (χ0) is 48.4. The van der Waals surface area contributed by atoms with Crippen molar-refractivity contribution in [3.05, 3.63) is 36.5 Å². The van der Waals surface area contributed by atoms with Gasteiger partial charge in [0.1, 0.15) is 13.2 Å². The number of aliphatic carboxylic acids is 1. The fourth-order valence-corrected chi connectivity index (χ4v) is 7.91. The maximum absolute atomic E-state index is 12.8. The predicted molar refractivity (Wildman–Crippen MR) is 277 cm³/mol. The zero-order valence-electron chi connectivity index (χ0n) is 43.9. The number of hydrogen-bond acceptors (Lipinski definition) is 7. The van der Waals surface area contributed by atoms with Crippen molar-refractivity contribution in [1.29, 1.82) is 0 Å². The molecule has 0 bridgehead atoms. The molecule has 0 aromatic carbocycles. The number of allylic oxidation sites excluding steroid dienone is 6. The van der Waals surface area contributed by atoms with Crippen LogP contribution >= 0.6 is 0 Å². The Morgan fingerprint density at radius 2 is 0.864 bits per heavy atom. The molecule has 0 aliphatic heterocycles. The predicted octanol–water partition coefficient (Wildman–Crippen LogP) is 15.7. The molecule has 2 atom stereocenters. The number of unbranched alkanes of at least 4 members (excludes halogenated alkanes) is 30. The second-order valence-corrected chi connectivity index (χ2v) is 19.9. The first-order chi connectivity index (χ1) is 32.1. The highest BCUT2D eigenvalue weighted by molar-refractivity contribution is 5.71. The number of hydrogen-bond donors (Lipinski definition) is 1. The van der Waals surface area contributed by atoms with Crippen LogP contribution in [0.25, 0.3) is 0 Å². The quantitative estimate of drug-likeness (QED) is 0.0211. The average Bonchev–Trinajstić information content (AvgIpc) is 3.28. The van der Waals surface area contributed by atoms with Gasteiger partial charge in [-0.3, -0.25) is 9.59 Å². The van der Waals surface area contributed by atoms with Crippen LogP contribution in [0.2, 0.25) is 0 Å². The summed E-state index contributed by atoms with van der Waals surface area (Å²) in [5.41, 5.74) is 0. The normalized spacial score (nSPS) is 13.0. The number of rotatable bonds is 51. The van der Waals surface area contributed by atoms with Gasteiger partial charge in [0, 0.05) is 12.8 Å². The molecule has 0 spiro atoms. The summed E-state index contributed by atoms with van der Waals surface area (Å²) < 4.78 is 22.8. The lowest BCUT2D eigenvalue weighted by molar-refractivity contribution is -0.870. The molecule has 0 aliphatic carbocycles. The van der Waals surface area contributed by atoms with E-state index in [2.05, 4.69) is 50.3 Å². The summed E-state index contributed by atoms with van der Waals surface area (Å²) in [6, 6.07) is 0. The van der Waals surface area contributed by atoms with E-state index in [0.717, 1.165) is 70.6 Å². The molecule has 9 nitrogen and oxygen atoms in total. The highest BCUT2D eigenvalue weighted by atomic mass is 16.7. The Kier molecular flexibility index (Phi) is 47.1. The van der Waals surface area contributed by atoms with Crippen molar-refractivity contribution in [3.8, 4) is 0 Å². The van der Waals surface area contributed by atoms with Crippen LogP contribution in [0.1, 0.15) is 251 Å². The van der Waals surface area contributed by atoms with Crippen LogP contribution in [0.5, 0.6) is 0 Å². The Labute approximate surface area is 407 Å². The number of esters is 2. The topological polar surface area (TPSA) is 108 Å². The Morgan fingerprint density at radius 3 is 1.29 bits per heavy atom. The van der Waals surface area contributed by atoms with E-state index in [1.165, 1.54) is 148 Å². The van der Waals surface area contributed by atoms with Crippen molar-refractivity contribution in [1.82, 2.24) is 0 Å². The number of carbonyl (C=O) groups is 3. The van der Waals surface area contributed by atoms with E-state index >= 15 is 0 Å². The standard InChI is InChI=1S/C57H105NO8/c1-6-8-10-12-14-16-18-20-22-23-24-25-26-27-28-29-30-31-32-34-35-37-39-41-43-45-47-54(59)64-51-53(52-65-57(56(61)62)63-50-49-58(3,4)5)66-55(60)48-46-44-42-40-38-36-33-21-19-17-15-13-11-9-7-2/h9,11,15,17,21,33,53,57H,6-8,10,12-14,16,18-20,22-32,34-52H2,1-5H3/p+1/b11-9-,17-15-,33-21-. The third-order valence-electron chi connectivity index (χ3n) is 12.2. The van der Waals surface area contributed by atoms with Gasteiger partial charge in [0.25, 0.3) is 6.29 Å². The van der Waals surface area contributed by atoms with Crippen LogP contribution in [-0.4, -0.2) is 87.4 Å². The number of likely N-dealkylation sites (N-methyl/N-ethyl adjacent to an activating group) is 1. The summed E-state index contributed by atoms with van der Waals surface area (Å²) in [4.78, 5) is 37.3. The van der Waals surface area contributed by atoms with Crippen molar-refractivity contribution in [2.75, 3.05) is 47.5 Å². The van der Waals surface area contributed by atoms with Crippen LogP contribution < -0.4 is 0 Å². The highest BCUT2D eigenvalue weighted by Crippen LogP contribution is 2.17. The Morgan fingerprint density at radius 1 is 0.470 bits per heavy atom. The van der Waals surface area contributed by atoms with Gasteiger partial charge in [0.05, 0.1) is 34.4 Å². The maximum Gasteiger partial charge on any atom is 0.361 e. The molecule has 1 N–H and O–H groups in total. The zero-order valence-corrected chi connectivity index (χ0v) is 43.9. The highest BCUT2D eigenvalue weighted by Gasteiger charge is 2.25. The summed E-state index contributed by atoms with van der Waals surface area (Å²) in [6.45, 7) is 4.77. The number of quaternary nitrogens is 1. The molecule has 0 aliphatic rings. The summed E-state index contributed by atoms with van der Waals surface area (Å²) >= 11 is 0. The first-order valence-corrected chi connectivity index (χ1v) is 27.7. The molecular weight excluding hydrogens is 827 g/mol. The minimum atomic E-state index is -1.51. The summed E-state index contributed by atoms with van der Waals surface area (Å²) in [6.07, 6.45) is 55.2. The van der Waals surface area contributed by atoms with Gasteiger partial charge in [0.2, 0.25) is 0 Å². The van der Waals surface area contributed by atoms with E-state index in [1.807, 2.05) is 21.1 Å². The van der Waals surface area contributed by atoms with E-state index in [4.69, 9.17) is 18.9 Å². The third kappa shape index (κ3) is 49.4. The SMILES string of the molecule is CC/C=C\C/C=C\C/C=C\CCCCCCCC(=O)OC(COC(=O)CCCCCCCCCCCCCCCCCCCCCCCCCCCC)COC(OCC[N+](C)(C)C)C(=O)O. The molecule has 2 unspecified atom stereocenters. The summed E-state index contributed by atoms with van der Waals surface area (Å²) in [5, 5.41) is 9.67. The summed E-state index contributed by atoms with van der Waals surface area (Å²) in [7, 11) is 5.96. The second kappa shape index (κ2) is 48.9. The minimum absolute atomic E-state index is 0.185. The van der Waals surface area contributed by atoms with Gasteiger partial charge in [-0.15, -0.1) is 0 Å². The molecule has 0 aromatic heterocycles. The van der Waals surface area contributed by atoms with E-state index in [0.29, 0.717) is 23.9 Å². The molecule has 0 heterocycles. The van der Waals surface area contributed by atoms with Crippen molar-refractivity contribution in [3.63, 3.8) is 0 Å². The van der Waals surface area contributed by atoms with Gasteiger partial charge in [0.15, 0.2) is 6.10 Å². The van der Waals surface area contributed by atoms with Gasteiger partial charge in [-0.1, -0.05) is 230 Å². The molecule has 0 aromatic rings. The Balaban J connectivity index is 4.18. The average molecular weight is 933 g/mol. The van der Waals surface area contributed by atoms with Crippen LogP contribution in [0, 0.1) is 0 Å². The molecule has 9 heteroatoms. The van der Waals surface area contributed by atoms with Gasteiger partial charge in [-0.05, 0) is 44.9 Å². The lowest BCUT2D eigenvalue weighted by Gasteiger charge is -2.25. The minimum Gasteiger partial charge on any atom is -0.477 e. The van der Waals surface area contributed by atoms with Crippen LogP contribution in [0.15, 0.2) is 36.5 Å². The van der Waals surface area contributed by atoms with Gasteiger partial charge in [-0.2, -0.15) is 0 Å². The number of carboxylic acids is 1. The van der Waals surface area contributed by atoms with Crippen LogP contribution in [0.3, 0.4) is 0 Å². The first-order valence-electron chi connectivity index (χ1n) is 27.7. The number of carboxylic acid groups (broad SMARTS) is 1. The second-order valence-electron chi connectivity index (χ2n) is 19.9. The van der Waals surface area contributed by atoms with E-state index in [1.54, 1.807) is 0 Å². The van der Waals surface area contributed by atoms with Crippen molar-refractivity contribution < 1.29 is 42.9 Å². The van der Waals surface area contributed by atoms with Crippen molar-refractivity contribution >= 4 is 17.9 Å². The van der Waals surface area contributed by atoms with Gasteiger partial charge in [-0.25, -0.2) is 4.79 Å². The molecule has 66 heavy (non-hydrogen) atoms. The lowest BCUT2D eigenvalue weighted by atomic mass is 10.0. The molecule has 0 fully saturated rings. The fourth-order valence-electron chi connectivity index (χ4n) is 7.91. The molecule has 0 saturated heterocycles. The lowest BCUT2D eigenvalue weighted by Crippen LogP contribution is -2.40. The smallest absolute Gasteiger partial charge is 0.361 e. The molecule has 0 saturated carbocycles. The molecular formula is C57H106NO8+.